The second-order valence-corrected chi connectivity index (χ2v) is 8.82. The number of benzene rings is 1. The molecule has 1 fully saturated rings. The highest BCUT2D eigenvalue weighted by molar-refractivity contribution is 5.86. The summed E-state index contributed by atoms with van der Waals surface area (Å²) in [6, 6.07) is 9.09. The molecule has 0 heterocycles. The minimum Gasteiger partial charge on any atom is -0.444 e. The fraction of sp³-hybridized carbons (Fsp3) is 0.652. The smallest absolute Gasteiger partial charge is 0.408 e. The summed E-state index contributed by atoms with van der Waals surface area (Å²) in [5, 5.41) is 5.83. The molecule has 0 saturated heterocycles. The van der Waals surface area contributed by atoms with Crippen molar-refractivity contribution in [3.05, 3.63) is 35.9 Å². The molecule has 6 nitrogen and oxygen atoms in total. The van der Waals surface area contributed by atoms with Crippen molar-refractivity contribution in [2.24, 2.45) is 0 Å². The van der Waals surface area contributed by atoms with E-state index in [1.165, 1.54) is 12.8 Å². The maximum absolute atomic E-state index is 13.0. The largest absolute Gasteiger partial charge is 0.444 e. The van der Waals surface area contributed by atoms with Crippen LogP contribution in [0.4, 0.5) is 4.79 Å². The van der Waals surface area contributed by atoms with Gasteiger partial charge in [-0.25, -0.2) is 4.79 Å². The summed E-state index contributed by atoms with van der Waals surface area (Å²) in [6.07, 6.45) is 5.49. The van der Waals surface area contributed by atoms with Gasteiger partial charge in [-0.1, -0.05) is 56.0 Å². The number of carbonyl (C=O) groups is 2. The summed E-state index contributed by atoms with van der Waals surface area (Å²) in [7, 11) is 0. The van der Waals surface area contributed by atoms with Crippen LogP contribution in [-0.2, 0) is 20.9 Å². The van der Waals surface area contributed by atoms with Crippen LogP contribution in [0.3, 0.4) is 0 Å². The topological polar surface area (TPSA) is 76.7 Å². The first-order chi connectivity index (χ1) is 13.7. The van der Waals surface area contributed by atoms with E-state index in [0.29, 0.717) is 6.61 Å². The number of hydrogen-bond donors (Lipinski definition) is 2. The molecule has 2 amide bonds. The van der Waals surface area contributed by atoms with Gasteiger partial charge in [-0.15, -0.1) is 0 Å². The Kier molecular flexibility index (Phi) is 8.96. The second-order valence-electron chi connectivity index (χ2n) is 8.82. The van der Waals surface area contributed by atoms with E-state index in [1.54, 1.807) is 27.7 Å². The third kappa shape index (κ3) is 8.86. The molecule has 162 valence electrons. The summed E-state index contributed by atoms with van der Waals surface area (Å²) >= 11 is 0. The molecule has 2 atom stereocenters. The summed E-state index contributed by atoms with van der Waals surface area (Å²) in [5.41, 5.74) is 0.375. The Hall–Kier alpha value is -2.08. The molecule has 0 unspecified atom stereocenters. The number of nitrogens with one attached hydrogen (secondary N) is 2. The lowest BCUT2D eigenvalue weighted by molar-refractivity contribution is -0.128. The lowest BCUT2D eigenvalue weighted by atomic mass is 10.1. The molecule has 0 bridgehead atoms. The molecule has 1 aromatic carbocycles. The number of ether oxygens (including phenoxy) is 2. The molecule has 2 rings (SSSR count). The van der Waals surface area contributed by atoms with Gasteiger partial charge in [-0.2, -0.15) is 0 Å². The Morgan fingerprint density at radius 3 is 2.28 bits per heavy atom. The third-order valence-corrected chi connectivity index (χ3v) is 4.98. The average molecular weight is 405 g/mol. The van der Waals surface area contributed by atoms with Crippen molar-refractivity contribution in [2.75, 3.05) is 0 Å². The molecule has 2 N–H and O–H groups in total. The summed E-state index contributed by atoms with van der Waals surface area (Å²) in [4.78, 5) is 25.3. The van der Waals surface area contributed by atoms with E-state index in [0.717, 1.165) is 31.2 Å². The minimum absolute atomic E-state index is 0.147. The van der Waals surface area contributed by atoms with E-state index in [9.17, 15) is 9.59 Å². The van der Waals surface area contributed by atoms with Crippen LogP contribution in [0, 0.1) is 0 Å². The van der Waals surface area contributed by atoms with Crippen molar-refractivity contribution in [3.8, 4) is 0 Å². The fourth-order valence-electron chi connectivity index (χ4n) is 3.44. The third-order valence-electron chi connectivity index (χ3n) is 4.98. The maximum atomic E-state index is 13.0. The van der Waals surface area contributed by atoms with E-state index in [4.69, 9.17) is 9.47 Å². The van der Waals surface area contributed by atoms with Crippen LogP contribution < -0.4 is 10.6 Å². The van der Waals surface area contributed by atoms with Crippen molar-refractivity contribution in [2.45, 2.75) is 96.6 Å². The molecule has 1 aromatic rings. The molecular formula is C23H36N2O4. The van der Waals surface area contributed by atoms with Crippen LogP contribution in [0.25, 0.3) is 0 Å². The first-order valence-corrected chi connectivity index (χ1v) is 10.7. The Bertz CT molecular complexity index is 634. The highest BCUT2D eigenvalue weighted by atomic mass is 16.6. The standard InChI is InChI=1S/C23H36N2O4/c1-17(28-16-18-12-8-7-9-13-18)20(25-22(27)29-23(2,3)4)21(26)24-19-14-10-5-6-11-15-19/h7-9,12-13,17,19-20H,5-6,10-11,14-16H2,1-4H3,(H,24,26)(H,25,27)/t17-,20+/m0/s1. The van der Waals surface area contributed by atoms with Gasteiger partial charge >= 0.3 is 6.09 Å². The van der Waals surface area contributed by atoms with Crippen LogP contribution in [0.5, 0.6) is 0 Å². The predicted molar refractivity (Wildman–Crippen MR) is 113 cm³/mol. The first kappa shape index (κ1) is 23.2. The van der Waals surface area contributed by atoms with E-state index >= 15 is 0 Å². The minimum atomic E-state index is -0.822. The Morgan fingerprint density at radius 2 is 1.69 bits per heavy atom. The van der Waals surface area contributed by atoms with Gasteiger partial charge in [-0.05, 0) is 46.1 Å². The summed E-state index contributed by atoms with van der Waals surface area (Å²) in [5.74, 6) is -0.219. The van der Waals surface area contributed by atoms with Crippen molar-refractivity contribution in [1.82, 2.24) is 10.6 Å². The highest BCUT2D eigenvalue weighted by Crippen LogP contribution is 2.18. The van der Waals surface area contributed by atoms with E-state index in [1.807, 2.05) is 30.3 Å². The Morgan fingerprint density at radius 1 is 1.07 bits per heavy atom. The van der Waals surface area contributed by atoms with Crippen molar-refractivity contribution in [3.63, 3.8) is 0 Å². The van der Waals surface area contributed by atoms with Crippen LogP contribution in [0.1, 0.15) is 71.8 Å². The van der Waals surface area contributed by atoms with Crippen LogP contribution >= 0.6 is 0 Å². The van der Waals surface area contributed by atoms with Gasteiger partial charge in [0.15, 0.2) is 0 Å². The van der Waals surface area contributed by atoms with Crippen LogP contribution in [0.2, 0.25) is 0 Å². The molecule has 1 aliphatic rings. The lowest BCUT2D eigenvalue weighted by Gasteiger charge is -2.28. The second kappa shape index (κ2) is 11.2. The molecule has 6 heteroatoms. The van der Waals surface area contributed by atoms with Crippen molar-refractivity contribution in [1.29, 1.82) is 0 Å². The monoisotopic (exact) mass is 404 g/mol. The SMILES string of the molecule is C[C@H](OCc1ccccc1)[C@@H](NC(=O)OC(C)(C)C)C(=O)NC1CCCCCC1. The van der Waals surface area contributed by atoms with Crippen LogP contribution in [-0.4, -0.2) is 35.8 Å². The van der Waals surface area contributed by atoms with Gasteiger partial charge in [0.25, 0.3) is 0 Å². The van der Waals surface area contributed by atoms with Gasteiger partial charge < -0.3 is 20.1 Å². The molecule has 0 radical (unpaired) electrons. The van der Waals surface area contributed by atoms with Crippen molar-refractivity contribution < 1.29 is 19.1 Å². The first-order valence-electron chi connectivity index (χ1n) is 10.7. The quantitative estimate of drug-likeness (QED) is 0.664. The van der Waals surface area contributed by atoms with Crippen LogP contribution in [0.15, 0.2) is 30.3 Å². The number of hydrogen-bond acceptors (Lipinski definition) is 4. The molecule has 1 saturated carbocycles. The van der Waals surface area contributed by atoms with E-state index < -0.39 is 23.8 Å². The Labute approximate surface area is 174 Å². The normalized spacial score (nSPS) is 17.7. The zero-order valence-electron chi connectivity index (χ0n) is 18.2. The molecule has 0 aliphatic heterocycles. The maximum Gasteiger partial charge on any atom is 0.408 e. The van der Waals surface area contributed by atoms with Gasteiger partial charge in [-0.3, -0.25) is 4.79 Å². The summed E-state index contributed by atoms with van der Waals surface area (Å²) in [6.45, 7) is 7.55. The van der Waals surface area contributed by atoms with Gasteiger partial charge in [0.1, 0.15) is 11.6 Å². The molecule has 29 heavy (non-hydrogen) atoms. The number of alkyl carbamates (subject to hydrolysis) is 1. The van der Waals surface area contributed by atoms with Gasteiger partial charge in [0.05, 0.1) is 12.7 Å². The van der Waals surface area contributed by atoms with E-state index in [2.05, 4.69) is 10.6 Å². The predicted octanol–water partition coefficient (Wildman–Crippen LogP) is 4.32. The molecule has 1 aliphatic carbocycles. The average Bonchev–Trinajstić information content (AvgIpc) is 2.92. The lowest BCUT2D eigenvalue weighted by Crippen LogP contribution is -2.55. The Balaban J connectivity index is 2.02. The molecule has 0 aromatic heterocycles. The zero-order chi connectivity index (χ0) is 21.3. The highest BCUT2D eigenvalue weighted by Gasteiger charge is 2.31. The number of carbonyl (C=O) groups excluding carboxylic acids is 2. The van der Waals surface area contributed by atoms with Gasteiger partial charge in [0, 0.05) is 6.04 Å². The van der Waals surface area contributed by atoms with Crippen molar-refractivity contribution >= 4 is 12.0 Å². The van der Waals surface area contributed by atoms with Gasteiger partial charge in [0.2, 0.25) is 5.91 Å². The molecule has 0 spiro atoms. The zero-order valence-corrected chi connectivity index (χ0v) is 18.2. The fourth-order valence-corrected chi connectivity index (χ4v) is 3.44. The molecular weight excluding hydrogens is 368 g/mol. The number of amides is 2. The summed E-state index contributed by atoms with van der Waals surface area (Å²) < 4.78 is 11.3. The number of rotatable bonds is 7. The van der Waals surface area contributed by atoms with E-state index in [-0.39, 0.29) is 11.9 Å².